The molecule has 0 aliphatic carbocycles. The van der Waals surface area contributed by atoms with E-state index in [1.54, 1.807) is 0 Å². The lowest BCUT2D eigenvalue weighted by molar-refractivity contribution is 1.07. The van der Waals surface area contributed by atoms with Gasteiger partial charge in [-0.3, -0.25) is 0 Å². The second kappa shape index (κ2) is 5.48. The van der Waals surface area contributed by atoms with Crippen molar-refractivity contribution in [3.8, 4) is 0 Å². The number of imidazole rings is 1. The third-order valence-electron chi connectivity index (χ3n) is 3.60. The molecule has 0 saturated carbocycles. The van der Waals surface area contributed by atoms with E-state index in [2.05, 4.69) is 60.6 Å². The number of aromatic nitrogens is 2. The summed E-state index contributed by atoms with van der Waals surface area (Å²) in [5.41, 5.74) is 5.62. The molecule has 3 aromatic rings. The SMILES string of the molecule is Cc1cc(N(C)C)ccc1NCc1cn2ccccc2n1. The Labute approximate surface area is 125 Å². The zero-order chi connectivity index (χ0) is 14.8. The maximum atomic E-state index is 4.60. The van der Waals surface area contributed by atoms with Crippen LogP contribution in [0.4, 0.5) is 11.4 Å². The van der Waals surface area contributed by atoms with Crippen molar-refractivity contribution in [3.63, 3.8) is 0 Å². The fourth-order valence-electron chi connectivity index (χ4n) is 2.38. The van der Waals surface area contributed by atoms with Gasteiger partial charge < -0.3 is 14.6 Å². The standard InChI is InChI=1S/C17H20N4/c1-13-10-15(20(2)3)7-8-16(13)18-11-14-12-21-9-5-4-6-17(21)19-14/h4-10,12,18H,11H2,1-3H3. The summed E-state index contributed by atoms with van der Waals surface area (Å²) in [6.07, 6.45) is 4.08. The van der Waals surface area contributed by atoms with Crippen molar-refractivity contribution < 1.29 is 0 Å². The highest BCUT2D eigenvalue weighted by atomic mass is 15.1. The molecule has 0 aliphatic rings. The molecule has 4 heteroatoms. The summed E-state index contributed by atoms with van der Waals surface area (Å²) in [7, 11) is 4.11. The Kier molecular flexibility index (Phi) is 3.52. The van der Waals surface area contributed by atoms with E-state index in [1.165, 1.54) is 11.3 Å². The third-order valence-corrected chi connectivity index (χ3v) is 3.60. The number of pyridine rings is 1. The van der Waals surface area contributed by atoms with Gasteiger partial charge in [0.05, 0.1) is 12.2 Å². The van der Waals surface area contributed by atoms with E-state index >= 15 is 0 Å². The van der Waals surface area contributed by atoms with E-state index in [0.717, 1.165) is 23.6 Å². The van der Waals surface area contributed by atoms with Crippen LogP contribution in [-0.4, -0.2) is 23.5 Å². The van der Waals surface area contributed by atoms with Gasteiger partial charge in [-0.1, -0.05) is 6.07 Å². The van der Waals surface area contributed by atoms with E-state index in [-0.39, 0.29) is 0 Å². The second-order valence-electron chi connectivity index (χ2n) is 5.45. The molecule has 0 amide bonds. The molecule has 4 nitrogen and oxygen atoms in total. The zero-order valence-electron chi connectivity index (χ0n) is 12.7. The van der Waals surface area contributed by atoms with Gasteiger partial charge in [0, 0.05) is 37.9 Å². The minimum atomic E-state index is 0.726. The Morgan fingerprint density at radius 1 is 1.19 bits per heavy atom. The highest BCUT2D eigenvalue weighted by Gasteiger charge is 2.04. The molecule has 108 valence electrons. The maximum absolute atomic E-state index is 4.60. The van der Waals surface area contributed by atoms with Gasteiger partial charge >= 0.3 is 0 Å². The summed E-state index contributed by atoms with van der Waals surface area (Å²) in [6, 6.07) is 12.5. The molecule has 0 bridgehead atoms. The fourth-order valence-corrected chi connectivity index (χ4v) is 2.38. The van der Waals surface area contributed by atoms with E-state index < -0.39 is 0 Å². The molecule has 0 spiro atoms. The predicted octanol–water partition coefficient (Wildman–Crippen LogP) is 3.32. The summed E-state index contributed by atoms with van der Waals surface area (Å²) in [4.78, 5) is 6.71. The molecule has 1 aromatic carbocycles. The first-order valence-electron chi connectivity index (χ1n) is 7.08. The van der Waals surface area contributed by atoms with Crippen LogP contribution in [0.3, 0.4) is 0 Å². The number of nitrogens with zero attached hydrogens (tertiary/aromatic N) is 3. The number of nitrogens with one attached hydrogen (secondary N) is 1. The fraction of sp³-hybridized carbons (Fsp3) is 0.235. The van der Waals surface area contributed by atoms with Gasteiger partial charge in [0.25, 0.3) is 0 Å². The first-order valence-corrected chi connectivity index (χ1v) is 7.08. The monoisotopic (exact) mass is 280 g/mol. The first-order chi connectivity index (χ1) is 10.1. The Morgan fingerprint density at radius 3 is 2.76 bits per heavy atom. The smallest absolute Gasteiger partial charge is 0.137 e. The number of aryl methyl sites for hydroxylation is 1. The summed E-state index contributed by atoms with van der Waals surface area (Å²) in [6.45, 7) is 2.85. The molecule has 0 fully saturated rings. The normalized spacial score (nSPS) is 10.8. The summed E-state index contributed by atoms with van der Waals surface area (Å²) in [5.74, 6) is 0. The highest BCUT2D eigenvalue weighted by Crippen LogP contribution is 2.21. The van der Waals surface area contributed by atoms with Crippen molar-refractivity contribution in [1.82, 2.24) is 9.38 Å². The summed E-state index contributed by atoms with van der Waals surface area (Å²) in [5, 5.41) is 3.46. The Balaban J connectivity index is 1.75. The first kappa shape index (κ1) is 13.5. The van der Waals surface area contributed by atoms with E-state index in [1.807, 2.05) is 28.8 Å². The van der Waals surface area contributed by atoms with Crippen LogP contribution in [0.15, 0.2) is 48.8 Å². The molecule has 1 N–H and O–H groups in total. The number of rotatable bonds is 4. The lowest BCUT2D eigenvalue weighted by Gasteiger charge is -2.15. The van der Waals surface area contributed by atoms with E-state index in [9.17, 15) is 0 Å². The number of hydrogen-bond acceptors (Lipinski definition) is 3. The van der Waals surface area contributed by atoms with Crippen LogP contribution < -0.4 is 10.2 Å². The molecular formula is C17H20N4. The van der Waals surface area contributed by atoms with Crippen molar-refractivity contribution in [2.24, 2.45) is 0 Å². The molecule has 21 heavy (non-hydrogen) atoms. The van der Waals surface area contributed by atoms with Gasteiger partial charge in [-0.25, -0.2) is 4.98 Å². The van der Waals surface area contributed by atoms with E-state index in [0.29, 0.717) is 0 Å². The predicted molar refractivity (Wildman–Crippen MR) is 88.0 cm³/mol. The van der Waals surface area contributed by atoms with Gasteiger partial charge in [0.2, 0.25) is 0 Å². The molecule has 0 aliphatic heterocycles. The third kappa shape index (κ3) is 2.84. The average Bonchev–Trinajstić information content (AvgIpc) is 2.88. The lowest BCUT2D eigenvalue weighted by atomic mass is 10.1. The second-order valence-corrected chi connectivity index (χ2v) is 5.45. The van der Waals surface area contributed by atoms with Crippen LogP contribution in [0.2, 0.25) is 0 Å². The van der Waals surface area contributed by atoms with Crippen molar-refractivity contribution in [2.45, 2.75) is 13.5 Å². The molecule has 3 rings (SSSR count). The minimum absolute atomic E-state index is 0.726. The number of hydrogen-bond donors (Lipinski definition) is 1. The van der Waals surface area contributed by atoms with Gasteiger partial charge in [-0.15, -0.1) is 0 Å². The van der Waals surface area contributed by atoms with Gasteiger partial charge in [0.15, 0.2) is 0 Å². The van der Waals surface area contributed by atoms with Crippen LogP contribution in [0, 0.1) is 6.92 Å². The van der Waals surface area contributed by atoms with Crippen molar-refractivity contribution in [3.05, 3.63) is 60.0 Å². The quantitative estimate of drug-likeness (QED) is 0.795. The largest absolute Gasteiger partial charge is 0.379 e. The highest BCUT2D eigenvalue weighted by molar-refractivity contribution is 5.59. The van der Waals surface area contributed by atoms with Crippen LogP contribution in [0.5, 0.6) is 0 Å². The van der Waals surface area contributed by atoms with Gasteiger partial charge in [-0.2, -0.15) is 0 Å². The van der Waals surface area contributed by atoms with Crippen molar-refractivity contribution in [1.29, 1.82) is 0 Å². The Bertz CT molecular complexity index is 725. The van der Waals surface area contributed by atoms with Crippen LogP contribution in [0.1, 0.15) is 11.3 Å². The van der Waals surface area contributed by atoms with Crippen molar-refractivity contribution >= 4 is 17.0 Å². The van der Waals surface area contributed by atoms with E-state index in [4.69, 9.17) is 0 Å². The topological polar surface area (TPSA) is 32.6 Å². The van der Waals surface area contributed by atoms with Gasteiger partial charge in [0.1, 0.15) is 5.65 Å². The van der Waals surface area contributed by atoms with Crippen molar-refractivity contribution in [2.75, 3.05) is 24.3 Å². The molecule has 0 radical (unpaired) electrons. The number of fused-ring (bicyclic) bond motifs is 1. The summed E-state index contributed by atoms with van der Waals surface area (Å²) >= 11 is 0. The zero-order valence-corrected chi connectivity index (χ0v) is 12.7. The molecule has 0 unspecified atom stereocenters. The Hall–Kier alpha value is -2.49. The average molecular weight is 280 g/mol. The maximum Gasteiger partial charge on any atom is 0.137 e. The van der Waals surface area contributed by atoms with Crippen LogP contribution in [-0.2, 0) is 6.54 Å². The molecule has 2 aromatic heterocycles. The lowest BCUT2D eigenvalue weighted by Crippen LogP contribution is -2.09. The number of anilines is 2. The minimum Gasteiger partial charge on any atom is -0.379 e. The molecular weight excluding hydrogens is 260 g/mol. The van der Waals surface area contributed by atoms with Gasteiger partial charge in [-0.05, 0) is 42.8 Å². The number of benzene rings is 1. The Morgan fingerprint density at radius 2 is 2.05 bits per heavy atom. The molecule has 0 saturated heterocycles. The summed E-state index contributed by atoms with van der Waals surface area (Å²) < 4.78 is 2.04. The van der Waals surface area contributed by atoms with Crippen LogP contribution in [0.25, 0.3) is 5.65 Å². The molecule has 2 heterocycles. The molecule has 0 atom stereocenters. The van der Waals surface area contributed by atoms with Crippen LogP contribution >= 0.6 is 0 Å².